The number of amides is 1. The maximum absolute atomic E-state index is 12.8. The molecule has 5 nitrogen and oxygen atoms in total. The Labute approximate surface area is 155 Å². The fourth-order valence-corrected chi connectivity index (χ4v) is 3.82. The molecule has 0 saturated carbocycles. The Kier molecular flexibility index (Phi) is 5.29. The summed E-state index contributed by atoms with van der Waals surface area (Å²) in [5, 5.41) is 3.43. The van der Waals surface area contributed by atoms with Gasteiger partial charge in [0.2, 0.25) is 5.43 Å². The largest absolute Gasteiger partial charge is 0.379 e. The molecule has 2 heterocycles. The van der Waals surface area contributed by atoms with Gasteiger partial charge in [-0.1, -0.05) is 15.9 Å². The summed E-state index contributed by atoms with van der Waals surface area (Å²) in [5.41, 5.74) is 2.09. The van der Waals surface area contributed by atoms with Crippen molar-refractivity contribution in [1.29, 1.82) is 0 Å². The second kappa shape index (κ2) is 7.30. The predicted molar refractivity (Wildman–Crippen MR) is 102 cm³/mol. The smallest absolute Gasteiger partial charge is 0.256 e. The molecule has 0 fully saturated rings. The Balaban J connectivity index is 1.85. The van der Waals surface area contributed by atoms with E-state index in [0.29, 0.717) is 18.5 Å². The van der Waals surface area contributed by atoms with Gasteiger partial charge in [0.25, 0.3) is 5.91 Å². The zero-order chi connectivity index (χ0) is 18.1. The molecule has 1 unspecified atom stereocenters. The van der Waals surface area contributed by atoms with Gasteiger partial charge in [-0.25, -0.2) is 0 Å². The van der Waals surface area contributed by atoms with Crippen LogP contribution >= 0.6 is 15.9 Å². The first-order valence-corrected chi connectivity index (χ1v) is 9.45. The van der Waals surface area contributed by atoms with Gasteiger partial charge in [-0.3, -0.25) is 9.59 Å². The number of aromatic nitrogens is 1. The maximum atomic E-state index is 12.8. The minimum absolute atomic E-state index is 0.180. The average molecular weight is 407 g/mol. The second-order valence-corrected chi connectivity index (χ2v) is 7.74. The number of benzene rings is 1. The van der Waals surface area contributed by atoms with Crippen molar-refractivity contribution in [2.45, 2.75) is 45.8 Å². The highest BCUT2D eigenvalue weighted by molar-refractivity contribution is 9.10. The molecular weight excluding hydrogens is 384 g/mol. The molecule has 6 heteroatoms. The fraction of sp³-hybridized carbons (Fsp3) is 0.474. The molecule has 2 aromatic rings. The number of halogens is 1. The van der Waals surface area contributed by atoms with Crippen molar-refractivity contribution in [2.75, 3.05) is 13.2 Å². The number of carbonyl (C=O) groups excluding carboxylic acids is 1. The molecule has 0 aliphatic carbocycles. The highest BCUT2D eigenvalue weighted by atomic mass is 79.9. The molecule has 3 rings (SSSR count). The number of pyridine rings is 1. The van der Waals surface area contributed by atoms with E-state index in [-0.39, 0.29) is 29.0 Å². The first-order valence-electron chi connectivity index (χ1n) is 8.65. The minimum atomic E-state index is -0.319. The lowest BCUT2D eigenvalue weighted by molar-refractivity contribution is 0.0757. The van der Waals surface area contributed by atoms with Crippen LogP contribution in [0.3, 0.4) is 0 Å². The van der Waals surface area contributed by atoms with E-state index >= 15 is 0 Å². The van der Waals surface area contributed by atoms with Crippen LogP contribution in [0.1, 0.15) is 49.2 Å². The van der Waals surface area contributed by atoms with Crippen molar-refractivity contribution in [3.63, 3.8) is 0 Å². The first-order chi connectivity index (χ1) is 11.9. The monoisotopic (exact) mass is 406 g/mol. The summed E-state index contributed by atoms with van der Waals surface area (Å²) in [6.45, 7) is 7.13. The molecule has 0 bridgehead atoms. The van der Waals surface area contributed by atoms with E-state index in [9.17, 15) is 9.59 Å². The molecule has 134 valence electrons. The quantitative estimate of drug-likeness (QED) is 0.747. The topological polar surface area (TPSA) is 60.3 Å². The van der Waals surface area contributed by atoms with Gasteiger partial charge in [-0.05, 0) is 51.3 Å². The average Bonchev–Trinajstić information content (AvgIpc) is 2.85. The zero-order valence-corrected chi connectivity index (χ0v) is 16.4. The van der Waals surface area contributed by atoms with E-state index in [1.807, 2.05) is 19.9 Å². The highest BCUT2D eigenvalue weighted by Crippen LogP contribution is 2.33. The molecule has 1 aromatic heterocycles. The maximum Gasteiger partial charge on any atom is 0.256 e. The van der Waals surface area contributed by atoms with Gasteiger partial charge >= 0.3 is 0 Å². The first kappa shape index (κ1) is 18.1. The van der Waals surface area contributed by atoms with Gasteiger partial charge in [0.15, 0.2) is 0 Å². The zero-order valence-electron chi connectivity index (χ0n) is 14.8. The number of rotatable bonds is 6. The summed E-state index contributed by atoms with van der Waals surface area (Å²) in [7, 11) is 0. The van der Waals surface area contributed by atoms with Gasteiger partial charge in [0.05, 0.1) is 11.6 Å². The molecule has 0 saturated heterocycles. The Hall–Kier alpha value is -1.66. The van der Waals surface area contributed by atoms with Crippen molar-refractivity contribution >= 4 is 32.7 Å². The molecular formula is C19H23BrN2O3. The number of hydrogen-bond acceptors (Lipinski definition) is 3. The summed E-state index contributed by atoms with van der Waals surface area (Å²) >= 11 is 3.47. The fourth-order valence-electron chi connectivity index (χ4n) is 3.31. The predicted octanol–water partition coefficient (Wildman–Crippen LogP) is 3.43. The van der Waals surface area contributed by atoms with E-state index in [1.165, 1.54) is 0 Å². The second-order valence-electron chi connectivity index (χ2n) is 6.82. The van der Waals surface area contributed by atoms with Gasteiger partial charge in [0.1, 0.15) is 5.56 Å². The van der Waals surface area contributed by atoms with Crippen LogP contribution in [0.5, 0.6) is 0 Å². The summed E-state index contributed by atoms with van der Waals surface area (Å²) in [6, 6.07) is 4.09. The van der Waals surface area contributed by atoms with Crippen molar-refractivity contribution in [3.05, 3.63) is 44.2 Å². The standard InChI is InChI=1S/C19H23BrN2O3/c1-11(2)25-6-4-5-21-19(24)16-10-22-12(3)7-13-8-14(20)9-15(17(13)22)18(16)23/h8-12H,4-7H2,1-3H3,(H,21,24). The van der Waals surface area contributed by atoms with Crippen LogP contribution in [0.4, 0.5) is 0 Å². The van der Waals surface area contributed by atoms with Crippen molar-refractivity contribution in [1.82, 2.24) is 9.88 Å². The third-order valence-corrected chi connectivity index (χ3v) is 4.92. The number of ether oxygens (including phenoxy) is 1. The van der Waals surface area contributed by atoms with Crippen molar-refractivity contribution < 1.29 is 9.53 Å². The summed E-state index contributed by atoms with van der Waals surface area (Å²) in [4.78, 5) is 25.3. The Morgan fingerprint density at radius 1 is 1.44 bits per heavy atom. The van der Waals surface area contributed by atoms with Crippen molar-refractivity contribution in [2.24, 2.45) is 0 Å². The number of nitrogens with zero attached hydrogens (tertiary/aromatic N) is 1. The van der Waals surface area contributed by atoms with Gasteiger partial charge in [0, 0.05) is 35.2 Å². The van der Waals surface area contributed by atoms with Crippen LogP contribution in [0.2, 0.25) is 0 Å². The van der Waals surface area contributed by atoms with Gasteiger partial charge < -0.3 is 14.6 Å². The summed E-state index contributed by atoms with van der Waals surface area (Å²) < 4.78 is 8.38. The number of nitrogens with one attached hydrogen (secondary N) is 1. The lowest BCUT2D eigenvalue weighted by Crippen LogP contribution is -2.31. The Morgan fingerprint density at radius 3 is 2.92 bits per heavy atom. The van der Waals surface area contributed by atoms with Crippen LogP contribution in [0.25, 0.3) is 10.9 Å². The van der Waals surface area contributed by atoms with E-state index in [1.54, 1.807) is 6.20 Å². The Bertz CT molecular complexity index is 873. The lowest BCUT2D eigenvalue weighted by atomic mass is 10.1. The summed E-state index contributed by atoms with van der Waals surface area (Å²) in [6.07, 6.45) is 3.48. The molecule has 1 atom stereocenters. The molecule has 1 amide bonds. The van der Waals surface area contributed by atoms with Gasteiger partial charge in [-0.15, -0.1) is 0 Å². The van der Waals surface area contributed by atoms with Crippen LogP contribution in [-0.2, 0) is 11.2 Å². The van der Waals surface area contributed by atoms with Crippen LogP contribution in [-0.4, -0.2) is 29.7 Å². The lowest BCUT2D eigenvalue weighted by Gasteiger charge is -2.13. The SMILES string of the molecule is CC(C)OCCCNC(=O)c1cn2c3c(cc(Br)cc3c1=O)CC2C. The third kappa shape index (κ3) is 3.65. The summed E-state index contributed by atoms with van der Waals surface area (Å²) in [5.74, 6) is -0.319. The molecule has 0 spiro atoms. The van der Waals surface area contributed by atoms with E-state index in [4.69, 9.17) is 4.74 Å². The molecule has 0 radical (unpaired) electrons. The third-order valence-electron chi connectivity index (χ3n) is 4.46. The highest BCUT2D eigenvalue weighted by Gasteiger charge is 2.25. The molecule has 1 aliphatic rings. The number of hydrogen-bond donors (Lipinski definition) is 1. The molecule has 1 aliphatic heterocycles. The van der Waals surface area contributed by atoms with Crippen molar-refractivity contribution in [3.8, 4) is 0 Å². The molecule has 1 aromatic carbocycles. The van der Waals surface area contributed by atoms with E-state index in [0.717, 1.165) is 28.4 Å². The molecule has 25 heavy (non-hydrogen) atoms. The Morgan fingerprint density at radius 2 is 2.20 bits per heavy atom. The number of carbonyl (C=O) groups is 1. The minimum Gasteiger partial charge on any atom is -0.379 e. The van der Waals surface area contributed by atoms with E-state index < -0.39 is 0 Å². The van der Waals surface area contributed by atoms with Gasteiger partial charge in [-0.2, -0.15) is 0 Å². The van der Waals surface area contributed by atoms with E-state index in [2.05, 4.69) is 38.8 Å². The molecule has 1 N–H and O–H groups in total. The van der Waals surface area contributed by atoms with Crippen LogP contribution in [0.15, 0.2) is 27.6 Å². The van der Waals surface area contributed by atoms with Crippen LogP contribution in [0, 0.1) is 0 Å². The van der Waals surface area contributed by atoms with Crippen LogP contribution < -0.4 is 10.7 Å². The normalized spacial score (nSPS) is 16.0.